The first kappa shape index (κ1) is 13.5. The van der Waals surface area contributed by atoms with Crippen molar-refractivity contribution in [1.82, 2.24) is 5.32 Å². The average Bonchev–Trinajstić information content (AvgIpc) is 2.27. The zero-order chi connectivity index (χ0) is 12.2. The smallest absolute Gasteiger partial charge is 0.225 e. The summed E-state index contributed by atoms with van der Waals surface area (Å²) in [7, 11) is 0. The molecule has 94 valence electrons. The Bertz CT molecular complexity index is 242. The Labute approximate surface area is 98.6 Å². The second-order valence-electron chi connectivity index (χ2n) is 6.13. The molecule has 0 aliphatic heterocycles. The summed E-state index contributed by atoms with van der Waals surface area (Å²) in [5.41, 5.74) is -0.398. The van der Waals surface area contributed by atoms with Crippen molar-refractivity contribution in [3.05, 3.63) is 0 Å². The first-order valence-corrected chi connectivity index (χ1v) is 6.29. The first-order chi connectivity index (χ1) is 7.40. The van der Waals surface area contributed by atoms with E-state index in [1.54, 1.807) is 0 Å². The van der Waals surface area contributed by atoms with Crippen molar-refractivity contribution in [3.63, 3.8) is 0 Å². The van der Waals surface area contributed by atoms with Gasteiger partial charge in [-0.25, -0.2) is 0 Å². The summed E-state index contributed by atoms with van der Waals surface area (Å²) in [4.78, 5) is 12.1. The van der Waals surface area contributed by atoms with Crippen LogP contribution in [-0.2, 0) is 4.79 Å². The molecule has 0 heterocycles. The van der Waals surface area contributed by atoms with Crippen molar-refractivity contribution < 1.29 is 9.90 Å². The van der Waals surface area contributed by atoms with Gasteiger partial charge in [-0.1, -0.05) is 40.0 Å². The summed E-state index contributed by atoms with van der Waals surface area (Å²) >= 11 is 0. The van der Waals surface area contributed by atoms with Gasteiger partial charge in [0, 0.05) is 24.0 Å². The van der Waals surface area contributed by atoms with Gasteiger partial charge in [0.15, 0.2) is 0 Å². The van der Waals surface area contributed by atoms with E-state index in [4.69, 9.17) is 5.11 Å². The van der Waals surface area contributed by atoms with Crippen LogP contribution in [0.1, 0.15) is 52.9 Å². The SMILES string of the molecule is CC(C)(CO)CNC(=O)C1(C)CCCCC1. The minimum Gasteiger partial charge on any atom is -0.396 e. The third-order valence-electron chi connectivity index (χ3n) is 3.66. The highest BCUT2D eigenvalue weighted by Crippen LogP contribution is 2.35. The number of carbonyl (C=O) groups is 1. The molecular formula is C13H25NO2. The highest BCUT2D eigenvalue weighted by atomic mass is 16.3. The molecule has 16 heavy (non-hydrogen) atoms. The van der Waals surface area contributed by atoms with Crippen LogP contribution in [0.4, 0.5) is 0 Å². The van der Waals surface area contributed by atoms with Crippen LogP contribution in [0.15, 0.2) is 0 Å². The van der Waals surface area contributed by atoms with E-state index in [-0.39, 0.29) is 23.3 Å². The fourth-order valence-electron chi connectivity index (χ4n) is 2.15. The summed E-state index contributed by atoms with van der Waals surface area (Å²) in [5.74, 6) is 0.161. The van der Waals surface area contributed by atoms with Crippen LogP contribution in [0, 0.1) is 10.8 Å². The van der Waals surface area contributed by atoms with Gasteiger partial charge in [0.1, 0.15) is 0 Å². The van der Waals surface area contributed by atoms with Gasteiger partial charge in [-0.3, -0.25) is 4.79 Å². The molecule has 0 atom stereocenters. The molecule has 3 heteroatoms. The van der Waals surface area contributed by atoms with Gasteiger partial charge >= 0.3 is 0 Å². The topological polar surface area (TPSA) is 49.3 Å². The molecule has 1 aliphatic rings. The highest BCUT2D eigenvalue weighted by Gasteiger charge is 2.34. The van der Waals surface area contributed by atoms with E-state index < -0.39 is 0 Å². The highest BCUT2D eigenvalue weighted by molar-refractivity contribution is 5.82. The molecule has 1 aliphatic carbocycles. The Morgan fingerprint density at radius 2 is 1.88 bits per heavy atom. The lowest BCUT2D eigenvalue weighted by Gasteiger charge is -2.33. The summed E-state index contributed by atoms with van der Waals surface area (Å²) in [5, 5.41) is 12.1. The van der Waals surface area contributed by atoms with Crippen LogP contribution in [-0.4, -0.2) is 24.2 Å². The number of rotatable bonds is 4. The molecule has 3 nitrogen and oxygen atoms in total. The molecule has 0 saturated heterocycles. The monoisotopic (exact) mass is 227 g/mol. The van der Waals surface area contributed by atoms with E-state index in [1.807, 2.05) is 13.8 Å². The molecule has 0 aromatic carbocycles. The molecule has 1 saturated carbocycles. The minimum absolute atomic E-state index is 0.101. The molecule has 1 fully saturated rings. The Morgan fingerprint density at radius 3 is 2.38 bits per heavy atom. The normalized spacial score (nSPS) is 20.5. The molecular weight excluding hydrogens is 202 g/mol. The Kier molecular flexibility index (Phi) is 4.36. The van der Waals surface area contributed by atoms with Crippen LogP contribution in [0.3, 0.4) is 0 Å². The molecule has 0 aromatic heterocycles. The lowest BCUT2D eigenvalue weighted by atomic mass is 9.75. The molecule has 0 unspecified atom stereocenters. The maximum absolute atomic E-state index is 12.1. The second kappa shape index (κ2) is 5.17. The van der Waals surface area contributed by atoms with Crippen molar-refractivity contribution in [3.8, 4) is 0 Å². The maximum atomic E-state index is 12.1. The zero-order valence-electron chi connectivity index (χ0n) is 10.8. The van der Waals surface area contributed by atoms with E-state index in [0.29, 0.717) is 6.54 Å². The summed E-state index contributed by atoms with van der Waals surface area (Å²) in [6.45, 7) is 6.63. The summed E-state index contributed by atoms with van der Waals surface area (Å²) in [6.07, 6.45) is 5.57. The van der Waals surface area contributed by atoms with Crippen molar-refractivity contribution in [2.24, 2.45) is 10.8 Å². The molecule has 0 bridgehead atoms. The predicted octanol–water partition coefficient (Wildman–Crippen LogP) is 2.09. The third kappa shape index (κ3) is 3.48. The third-order valence-corrected chi connectivity index (χ3v) is 3.66. The summed E-state index contributed by atoms with van der Waals surface area (Å²) < 4.78 is 0. The molecule has 0 spiro atoms. The number of aliphatic hydroxyl groups excluding tert-OH is 1. The van der Waals surface area contributed by atoms with Crippen LogP contribution in [0.25, 0.3) is 0 Å². The lowest BCUT2D eigenvalue weighted by molar-refractivity contribution is -0.132. The van der Waals surface area contributed by atoms with Crippen LogP contribution >= 0.6 is 0 Å². The van der Waals surface area contributed by atoms with Crippen molar-refractivity contribution in [2.75, 3.05) is 13.2 Å². The first-order valence-electron chi connectivity index (χ1n) is 6.29. The van der Waals surface area contributed by atoms with E-state index in [2.05, 4.69) is 12.2 Å². The number of hydrogen-bond donors (Lipinski definition) is 2. The second-order valence-corrected chi connectivity index (χ2v) is 6.13. The Balaban J connectivity index is 2.45. The number of amides is 1. The van der Waals surface area contributed by atoms with E-state index in [1.165, 1.54) is 6.42 Å². The van der Waals surface area contributed by atoms with Crippen LogP contribution in [0.2, 0.25) is 0 Å². The van der Waals surface area contributed by atoms with Crippen molar-refractivity contribution in [1.29, 1.82) is 0 Å². The van der Waals surface area contributed by atoms with Gasteiger partial charge < -0.3 is 10.4 Å². The minimum atomic E-state index is -0.222. The molecule has 1 rings (SSSR count). The predicted molar refractivity (Wildman–Crippen MR) is 65.1 cm³/mol. The van der Waals surface area contributed by atoms with Gasteiger partial charge in [0.05, 0.1) is 0 Å². The average molecular weight is 227 g/mol. The number of carbonyl (C=O) groups excluding carboxylic acids is 1. The quantitative estimate of drug-likeness (QED) is 0.772. The van der Waals surface area contributed by atoms with Crippen LogP contribution in [0.5, 0.6) is 0 Å². The largest absolute Gasteiger partial charge is 0.396 e. The van der Waals surface area contributed by atoms with E-state index in [0.717, 1.165) is 25.7 Å². The van der Waals surface area contributed by atoms with Crippen LogP contribution < -0.4 is 5.32 Å². The van der Waals surface area contributed by atoms with Gasteiger partial charge in [0.2, 0.25) is 5.91 Å². The summed E-state index contributed by atoms with van der Waals surface area (Å²) in [6, 6.07) is 0. The molecule has 1 amide bonds. The fraction of sp³-hybridized carbons (Fsp3) is 0.923. The maximum Gasteiger partial charge on any atom is 0.225 e. The number of aliphatic hydroxyl groups is 1. The lowest BCUT2D eigenvalue weighted by Crippen LogP contribution is -2.44. The Morgan fingerprint density at radius 1 is 1.31 bits per heavy atom. The molecule has 0 radical (unpaired) electrons. The standard InChI is InChI=1S/C13H25NO2/c1-12(2,10-15)9-14-11(16)13(3)7-5-4-6-8-13/h15H,4-10H2,1-3H3,(H,14,16). The van der Waals surface area contributed by atoms with E-state index >= 15 is 0 Å². The molecule has 0 aromatic rings. The number of nitrogens with one attached hydrogen (secondary N) is 1. The fourth-order valence-corrected chi connectivity index (χ4v) is 2.15. The zero-order valence-corrected chi connectivity index (χ0v) is 10.8. The van der Waals surface area contributed by atoms with Crippen molar-refractivity contribution in [2.45, 2.75) is 52.9 Å². The van der Waals surface area contributed by atoms with Gasteiger partial charge in [-0.2, -0.15) is 0 Å². The van der Waals surface area contributed by atoms with Gasteiger partial charge in [-0.15, -0.1) is 0 Å². The van der Waals surface area contributed by atoms with Gasteiger partial charge in [0.25, 0.3) is 0 Å². The van der Waals surface area contributed by atoms with Gasteiger partial charge in [-0.05, 0) is 12.8 Å². The van der Waals surface area contributed by atoms with Crippen molar-refractivity contribution >= 4 is 5.91 Å². The number of hydrogen-bond acceptors (Lipinski definition) is 2. The molecule has 2 N–H and O–H groups in total. The Hall–Kier alpha value is -0.570. The van der Waals surface area contributed by atoms with E-state index in [9.17, 15) is 4.79 Å².